The van der Waals surface area contributed by atoms with Crippen LogP contribution in [0.3, 0.4) is 0 Å². The minimum atomic E-state index is -4.46. The predicted molar refractivity (Wildman–Crippen MR) is 111 cm³/mol. The average Bonchev–Trinajstić information content (AvgIpc) is 3.28. The third-order valence-corrected chi connectivity index (χ3v) is 5.24. The van der Waals surface area contributed by atoms with E-state index in [2.05, 4.69) is 15.5 Å². The summed E-state index contributed by atoms with van der Waals surface area (Å²) in [5.74, 6) is 0.142. The smallest absolute Gasteiger partial charge is 0.379 e. The lowest BCUT2D eigenvalue weighted by Gasteiger charge is -2.33. The first-order valence-electron chi connectivity index (χ1n) is 9.56. The molecular weight excluding hydrogens is 440 g/mol. The Bertz CT molecular complexity index is 1040. The maximum atomic E-state index is 14.5. The zero-order valence-corrected chi connectivity index (χ0v) is 17.5. The van der Waals surface area contributed by atoms with E-state index >= 15 is 0 Å². The van der Waals surface area contributed by atoms with Crippen molar-refractivity contribution in [2.24, 2.45) is 5.73 Å². The average molecular weight is 463 g/mol. The summed E-state index contributed by atoms with van der Waals surface area (Å²) in [6.45, 7) is -0.201. The molecule has 0 unspecified atom stereocenters. The number of nitrogens with zero attached hydrogens (tertiary/aromatic N) is 4. The molecule has 31 heavy (non-hydrogen) atoms. The van der Waals surface area contributed by atoms with Gasteiger partial charge in [0.1, 0.15) is 12.7 Å². The van der Waals surface area contributed by atoms with Gasteiger partial charge in [0.15, 0.2) is 0 Å². The van der Waals surface area contributed by atoms with E-state index in [0.29, 0.717) is 29.6 Å². The van der Waals surface area contributed by atoms with Gasteiger partial charge in [0.05, 0.1) is 23.8 Å². The molecule has 2 aromatic heterocycles. The maximum absolute atomic E-state index is 14.5. The molecule has 3 N–H and O–H groups in total. The van der Waals surface area contributed by atoms with Crippen molar-refractivity contribution in [3.63, 3.8) is 0 Å². The van der Waals surface area contributed by atoms with Crippen LogP contribution in [0.4, 0.5) is 23.2 Å². The van der Waals surface area contributed by atoms with Crippen LogP contribution in [0.25, 0.3) is 22.4 Å². The normalized spacial score (nSPS) is 20.1. The molecule has 7 nitrogen and oxygen atoms in total. The summed E-state index contributed by atoms with van der Waals surface area (Å²) in [5, 5.41) is 7.48. The number of rotatable bonds is 5. The molecule has 1 aliphatic heterocycles. The minimum Gasteiger partial charge on any atom is -0.379 e. The zero-order valence-electron chi connectivity index (χ0n) is 16.7. The highest BCUT2D eigenvalue weighted by molar-refractivity contribution is 5.96. The van der Waals surface area contributed by atoms with Crippen molar-refractivity contribution in [1.82, 2.24) is 19.6 Å². The quantitative estimate of drug-likeness (QED) is 0.564. The number of hydrogen-bond donors (Lipinski definition) is 2. The van der Waals surface area contributed by atoms with Gasteiger partial charge < -0.3 is 25.0 Å². The number of anilines is 1. The molecule has 1 aromatic carbocycles. The summed E-state index contributed by atoms with van der Waals surface area (Å²) in [4.78, 5) is 5.98. The van der Waals surface area contributed by atoms with Gasteiger partial charge in [-0.3, -0.25) is 0 Å². The topological polar surface area (TPSA) is 85.1 Å². The number of fused-ring (bicyclic) bond motifs is 1. The molecule has 1 fully saturated rings. The molecule has 2 atom stereocenters. The second-order valence-corrected chi connectivity index (χ2v) is 7.50. The van der Waals surface area contributed by atoms with E-state index in [-0.39, 0.29) is 36.4 Å². The number of likely N-dealkylation sites (tertiary alicyclic amines) is 1. The first-order chi connectivity index (χ1) is 14.2. The van der Waals surface area contributed by atoms with Crippen LogP contribution >= 0.6 is 12.4 Å². The van der Waals surface area contributed by atoms with E-state index in [4.69, 9.17) is 10.3 Å². The van der Waals surface area contributed by atoms with E-state index in [9.17, 15) is 17.6 Å². The van der Waals surface area contributed by atoms with Crippen molar-refractivity contribution < 1.29 is 22.1 Å². The fourth-order valence-corrected chi connectivity index (χ4v) is 3.81. The second-order valence-electron chi connectivity index (χ2n) is 7.50. The van der Waals surface area contributed by atoms with Crippen LogP contribution in [-0.4, -0.2) is 58.1 Å². The van der Waals surface area contributed by atoms with Crippen molar-refractivity contribution in [2.45, 2.75) is 37.9 Å². The Labute approximate surface area is 182 Å². The molecular formula is C19H23ClF4N6O. The third-order valence-electron chi connectivity index (χ3n) is 5.24. The van der Waals surface area contributed by atoms with Crippen molar-refractivity contribution in [1.29, 1.82) is 0 Å². The van der Waals surface area contributed by atoms with Gasteiger partial charge in [0, 0.05) is 24.2 Å². The molecule has 3 heterocycles. The number of halogens is 5. The van der Waals surface area contributed by atoms with Crippen molar-refractivity contribution >= 4 is 29.0 Å². The summed E-state index contributed by atoms with van der Waals surface area (Å²) < 4.78 is 60.5. The number of piperidine rings is 1. The Hall–Kier alpha value is -2.37. The Morgan fingerprint density at radius 2 is 2.10 bits per heavy atom. The first kappa shape index (κ1) is 23.3. The molecule has 4 rings (SSSR count). The van der Waals surface area contributed by atoms with Crippen LogP contribution < -0.4 is 11.1 Å². The fraction of sp³-hybridized carbons (Fsp3) is 0.474. The fourth-order valence-electron chi connectivity index (χ4n) is 3.81. The second kappa shape index (κ2) is 9.01. The monoisotopic (exact) mass is 462 g/mol. The molecule has 0 spiro atoms. The Morgan fingerprint density at radius 1 is 1.32 bits per heavy atom. The van der Waals surface area contributed by atoms with Crippen molar-refractivity contribution in [3.05, 3.63) is 30.2 Å². The first-order valence-corrected chi connectivity index (χ1v) is 9.56. The largest absolute Gasteiger partial charge is 0.406 e. The van der Waals surface area contributed by atoms with Gasteiger partial charge in [0.25, 0.3) is 0 Å². The standard InChI is InChI=1S/C19H22F4N6O.ClH/c1-28-6-5-14(12(20)9-28)25-13-3-2-4-15-11(13)7-16(29(15)10-19(21,22)23)18-26-17(8-24)30-27-18;/h2-4,7,12,14,25H,5-6,8-10,24H2,1H3;1H/t12-,14+;/m0./s1. The number of aromatic nitrogens is 3. The number of nitrogens with one attached hydrogen (secondary N) is 1. The Morgan fingerprint density at radius 3 is 2.74 bits per heavy atom. The molecule has 0 saturated carbocycles. The van der Waals surface area contributed by atoms with E-state index in [1.54, 1.807) is 24.3 Å². The highest BCUT2D eigenvalue weighted by Gasteiger charge is 2.32. The van der Waals surface area contributed by atoms with Crippen molar-refractivity contribution in [2.75, 3.05) is 25.5 Å². The summed E-state index contributed by atoms with van der Waals surface area (Å²) in [6, 6.07) is 6.11. The summed E-state index contributed by atoms with van der Waals surface area (Å²) in [5.41, 5.74) is 6.53. The molecule has 0 aliphatic carbocycles. The lowest BCUT2D eigenvalue weighted by molar-refractivity contribution is -0.139. The molecule has 1 saturated heterocycles. The molecule has 1 aliphatic rings. The predicted octanol–water partition coefficient (Wildman–Crippen LogP) is 3.59. The van der Waals surface area contributed by atoms with Gasteiger partial charge in [-0.2, -0.15) is 18.2 Å². The van der Waals surface area contributed by atoms with E-state index in [1.165, 1.54) is 0 Å². The van der Waals surface area contributed by atoms with Crippen LogP contribution in [0.5, 0.6) is 0 Å². The van der Waals surface area contributed by atoms with Gasteiger partial charge in [-0.25, -0.2) is 4.39 Å². The molecule has 0 bridgehead atoms. The van der Waals surface area contributed by atoms with Crippen molar-refractivity contribution in [3.8, 4) is 11.5 Å². The highest BCUT2D eigenvalue weighted by Crippen LogP contribution is 2.35. The van der Waals surface area contributed by atoms with Gasteiger partial charge in [-0.15, -0.1) is 12.4 Å². The van der Waals surface area contributed by atoms with Crippen LogP contribution in [0.2, 0.25) is 0 Å². The molecule has 3 aromatic rings. The molecule has 170 valence electrons. The SMILES string of the molecule is CN1CC[C@@H](Nc2cccc3c2cc(-c2noc(CN)n2)n3CC(F)(F)F)[C@@H](F)C1.Cl. The minimum absolute atomic E-state index is 0. The van der Waals surface area contributed by atoms with E-state index < -0.39 is 24.9 Å². The van der Waals surface area contributed by atoms with Gasteiger partial charge in [-0.05, 0) is 31.7 Å². The zero-order chi connectivity index (χ0) is 21.5. The highest BCUT2D eigenvalue weighted by atomic mass is 35.5. The van der Waals surface area contributed by atoms with Gasteiger partial charge in [-0.1, -0.05) is 11.2 Å². The number of hydrogen-bond acceptors (Lipinski definition) is 6. The number of alkyl halides is 4. The molecule has 0 amide bonds. The van der Waals surface area contributed by atoms with Crippen LogP contribution in [0.15, 0.2) is 28.8 Å². The van der Waals surface area contributed by atoms with E-state index in [0.717, 1.165) is 11.1 Å². The number of benzene rings is 1. The summed E-state index contributed by atoms with van der Waals surface area (Å²) in [7, 11) is 1.85. The maximum Gasteiger partial charge on any atom is 0.406 e. The summed E-state index contributed by atoms with van der Waals surface area (Å²) >= 11 is 0. The van der Waals surface area contributed by atoms with Crippen LogP contribution in [0.1, 0.15) is 12.3 Å². The third kappa shape index (κ3) is 4.94. The number of nitrogens with two attached hydrogens (primary N) is 1. The van der Waals surface area contributed by atoms with Crippen LogP contribution in [0, 0.1) is 0 Å². The lowest BCUT2D eigenvalue weighted by atomic mass is 10.0. The van der Waals surface area contributed by atoms with Gasteiger partial charge >= 0.3 is 6.18 Å². The van der Waals surface area contributed by atoms with Crippen LogP contribution in [-0.2, 0) is 13.1 Å². The molecule has 0 radical (unpaired) electrons. The Balaban J connectivity index is 0.00000272. The Kier molecular flexibility index (Phi) is 6.77. The van der Waals surface area contributed by atoms with E-state index in [1.807, 2.05) is 11.9 Å². The summed E-state index contributed by atoms with van der Waals surface area (Å²) in [6.07, 6.45) is -4.95. The lowest BCUT2D eigenvalue weighted by Crippen LogP contribution is -2.46. The molecule has 12 heteroatoms. The van der Waals surface area contributed by atoms with Gasteiger partial charge in [0.2, 0.25) is 11.7 Å².